The van der Waals surface area contributed by atoms with Crippen molar-refractivity contribution in [3.8, 4) is 11.5 Å². The van der Waals surface area contributed by atoms with Crippen LogP contribution in [0.25, 0.3) is 33.5 Å². The van der Waals surface area contributed by atoms with E-state index in [-0.39, 0.29) is 5.56 Å². The van der Waals surface area contributed by atoms with Gasteiger partial charge in [0.05, 0.1) is 29.4 Å². The van der Waals surface area contributed by atoms with E-state index in [9.17, 15) is 9.18 Å². The van der Waals surface area contributed by atoms with Gasteiger partial charge >= 0.3 is 5.97 Å². The van der Waals surface area contributed by atoms with Gasteiger partial charge in [-0.3, -0.25) is 0 Å². The third kappa shape index (κ3) is 2.51. The Bertz CT molecular complexity index is 1150. The molecule has 2 aromatic carbocycles. The second-order valence-corrected chi connectivity index (χ2v) is 6.64. The highest BCUT2D eigenvalue weighted by Crippen LogP contribution is 2.29. The van der Waals surface area contributed by atoms with Gasteiger partial charge in [-0.25, -0.2) is 14.2 Å². The lowest BCUT2D eigenvalue weighted by Gasteiger charge is -2.02. The molecule has 5 nitrogen and oxygen atoms in total. The number of halogens is 2. The van der Waals surface area contributed by atoms with Gasteiger partial charge in [-0.15, -0.1) is 0 Å². The van der Waals surface area contributed by atoms with Gasteiger partial charge < -0.3 is 14.3 Å². The van der Waals surface area contributed by atoms with Crippen molar-refractivity contribution in [2.45, 2.75) is 0 Å². The summed E-state index contributed by atoms with van der Waals surface area (Å²) < 4.78 is 21.6. The van der Waals surface area contributed by atoms with Crippen LogP contribution in [-0.2, 0) is 11.8 Å². The number of H-pyrrole nitrogens is 1. The van der Waals surface area contributed by atoms with Gasteiger partial charge in [-0.2, -0.15) is 0 Å². The summed E-state index contributed by atoms with van der Waals surface area (Å²) in [5.74, 6) is -0.694. The summed E-state index contributed by atoms with van der Waals surface area (Å²) in [4.78, 5) is 19.6. The molecular formula is C18H13BrFN3O2. The fourth-order valence-electron chi connectivity index (χ4n) is 2.94. The van der Waals surface area contributed by atoms with Crippen LogP contribution in [0.5, 0.6) is 0 Å². The number of carbonyl (C=O) groups is 1. The third-order valence-electron chi connectivity index (χ3n) is 4.20. The molecule has 0 radical (unpaired) electrons. The van der Waals surface area contributed by atoms with E-state index in [1.165, 1.54) is 19.2 Å². The van der Waals surface area contributed by atoms with Crippen LogP contribution in [0.2, 0.25) is 0 Å². The predicted molar refractivity (Wildman–Crippen MR) is 97.0 cm³/mol. The quantitative estimate of drug-likeness (QED) is 0.506. The molecule has 0 saturated heterocycles. The lowest BCUT2D eigenvalue weighted by atomic mass is 10.2. The monoisotopic (exact) mass is 401 g/mol. The molecule has 0 bridgehead atoms. The summed E-state index contributed by atoms with van der Waals surface area (Å²) >= 11 is 3.45. The molecule has 0 fully saturated rings. The van der Waals surface area contributed by atoms with E-state index < -0.39 is 11.8 Å². The number of methoxy groups -OCH3 is 1. The number of aryl methyl sites for hydroxylation is 1. The maximum atomic E-state index is 14.2. The van der Waals surface area contributed by atoms with Crippen molar-refractivity contribution < 1.29 is 13.9 Å². The minimum atomic E-state index is -0.720. The lowest BCUT2D eigenvalue weighted by molar-refractivity contribution is 0.0595. The Morgan fingerprint density at radius 3 is 2.84 bits per heavy atom. The Balaban J connectivity index is 1.92. The molecule has 4 rings (SSSR count). The summed E-state index contributed by atoms with van der Waals surface area (Å²) in [5.41, 5.74) is 2.78. The maximum absolute atomic E-state index is 14.2. The second-order valence-electron chi connectivity index (χ2n) is 5.72. The minimum Gasteiger partial charge on any atom is -0.465 e. The molecule has 0 saturated carbocycles. The molecule has 2 aromatic heterocycles. The zero-order valence-electron chi connectivity index (χ0n) is 13.4. The molecule has 0 aliphatic heterocycles. The van der Waals surface area contributed by atoms with Gasteiger partial charge in [-0.05, 0) is 24.3 Å². The normalized spacial score (nSPS) is 11.4. The van der Waals surface area contributed by atoms with Crippen molar-refractivity contribution in [3.63, 3.8) is 0 Å². The number of esters is 1. The first kappa shape index (κ1) is 15.8. The zero-order chi connectivity index (χ0) is 17.7. The molecule has 0 aliphatic rings. The van der Waals surface area contributed by atoms with Gasteiger partial charge in [0.1, 0.15) is 5.82 Å². The number of aromatic amines is 1. The number of benzene rings is 2. The number of imidazole rings is 1. The van der Waals surface area contributed by atoms with Gasteiger partial charge in [-0.1, -0.05) is 22.0 Å². The first-order valence-electron chi connectivity index (χ1n) is 7.51. The van der Waals surface area contributed by atoms with E-state index in [1.807, 2.05) is 31.3 Å². The van der Waals surface area contributed by atoms with E-state index >= 15 is 0 Å². The maximum Gasteiger partial charge on any atom is 0.340 e. The highest BCUT2D eigenvalue weighted by molar-refractivity contribution is 9.10. The van der Waals surface area contributed by atoms with Crippen LogP contribution in [-0.4, -0.2) is 27.6 Å². The van der Waals surface area contributed by atoms with E-state index in [4.69, 9.17) is 0 Å². The van der Waals surface area contributed by atoms with Gasteiger partial charge in [0.15, 0.2) is 5.82 Å². The number of rotatable bonds is 2. The molecule has 0 amide bonds. The number of fused-ring (bicyclic) bond motifs is 2. The number of nitrogens with zero attached hydrogens (tertiary/aromatic N) is 2. The smallest absolute Gasteiger partial charge is 0.340 e. The minimum absolute atomic E-state index is 0.125. The van der Waals surface area contributed by atoms with Crippen molar-refractivity contribution in [1.29, 1.82) is 0 Å². The van der Waals surface area contributed by atoms with E-state index in [1.54, 1.807) is 4.57 Å². The van der Waals surface area contributed by atoms with Crippen LogP contribution in [0.1, 0.15) is 10.4 Å². The lowest BCUT2D eigenvalue weighted by Crippen LogP contribution is -2.04. The Morgan fingerprint density at radius 1 is 1.28 bits per heavy atom. The molecule has 126 valence electrons. The summed E-state index contributed by atoms with van der Waals surface area (Å²) in [6, 6.07) is 10.7. The molecule has 0 spiro atoms. The Kier molecular flexibility index (Phi) is 3.61. The molecule has 0 aliphatic carbocycles. The number of nitrogens with one attached hydrogen (secondary N) is 1. The number of hydrogen-bond donors (Lipinski definition) is 1. The molecule has 4 aromatic rings. The average Bonchev–Trinajstić information content (AvgIpc) is 3.14. The molecule has 1 N–H and O–H groups in total. The largest absolute Gasteiger partial charge is 0.465 e. The molecular weight excluding hydrogens is 389 g/mol. The van der Waals surface area contributed by atoms with Crippen LogP contribution in [0.4, 0.5) is 4.39 Å². The van der Waals surface area contributed by atoms with Crippen molar-refractivity contribution in [3.05, 3.63) is 52.3 Å². The third-order valence-corrected chi connectivity index (χ3v) is 4.69. The Hall–Kier alpha value is -2.67. The van der Waals surface area contributed by atoms with Crippen LogP contribution >= 0.6 is 15.9 Å². The zero-order valence-corrected chi connectivity index (χ0v) is 15.0. The molecule has 2 heterocycles. The van der Waals surface area contributed by atoms with Crippen LogP contribution in [0.15, 0.2) is 40.9 Å². The first-order valence-corrected chi connectivity index (χ1v) is 8.30. The van der Waals surface area contributed by atoms with Crippen molar-refractivity contribution in [2.24, 2.45) is 7.05 Å². The fourth-order valence-corrected chi connectivity index (χ4v) is 3.30. The SMILES string of the molecule is COC(=O)c1cc2nc(-c3cc4ccc(Br)cc4[nH]3)n(C)c2cc1F. The summed E-state index contributed by atoms with van der Waals surface area (Å²) in [7, 11) is 3.03. The highest BCUT2D eigenvalue weighted by Gasteiger charge is 2.18. The van der Waals surface area contributed by atoms with Gasteiger partial charge in [0.2, 0.25) is 0 Å². The average molecular weight is 402 g/mol. The van der Waals surface area contributed by atoms with Crippen LogP contribution < -0.4 is 0 Å². The van der Waals surface area contributed by atoms with E-state index in [2.05, 4.69) is 30.6 Å². The molecule has 0 atom stereocenters. The predicted octanol–water partition coefficient (Wildman–Crippen LogP) is 4.41. The van der Waals surface area contributed by atoms with Gasteiger partial charge in [0.25, 0.3) is 0 Å². The highest BCUT2D eigenvalue weighted by atomic mass is 79.9. The number of hydrogen-bond acceptors (Lipinski definition) is 3. The van der Waals surface area contributed by atoms with Crippen molar-refractivity contribution in [1.82, 2.24) is 14.5 Å². The number of ether oxygens (including phenoxy) is 1. The number of carbonyl (C=O) groups excluding carboxylic acids is 1. The van der Waals surface area contributed by atoms with Crippen molar-refractivity contribution >= 4 is 43.8 Å². The first-order chi connectivity index (χ1) is 12.0. The van der Waals surface area contributed by atoms with Crippen LogP contribution in [0, 0.1) is 5.82 Å². The molecule has 7 heteroatoms. The summed E-state index contributed by atoms with van der Waals surface area (Å²) in [5, 5.41) is 1.05. The number of aromatic nitrogens is 3. The van der Waals surface area contributed by atoms with Crippen molar-refractivity contribution in [2.75, 3.05) is 7.11 Å². The summed E-state index contributed by atoms with van der Waals surface area (Å²) in [6.45, 7) is 0. The fraction of sp³-hybridized carbons (Fsp3) is 0.111. The standard InChI is InChI=1S/C18H13BrFN3O2/c1-23-16-8-12(20)11(18(24)25-2)7-14(16)22-17(23)15-5-9-3-4-10(19)6-13(9)21-15/h3-8,21H,1-2H3. The Labute approximate surface area is 150 Å². The topological polar surface area (TPSA) is 59.9 Å². The van der Waals surface area contributed by atoms with E-state index in [0.717, 1.165) is 21.1 Å². The van der Waals surface area contributed by atoms with Gasteiger partial charge in [0, 0.05) is 28.5 Å². The molecule has 25 heavy (non-hydrogen) atoms. The molecule has 0 unspecified atom stereocenters. The second kappa shape index (κ2) is 5.70. The Morgan fingerprint density at radius 2 is 2.08 bits per heavy atom. The van der Waals surface area contributed by atoms with Crippen LogP contribution in [0.3, 0.4) is 0 Å². The van der Waals surface area contributed by atoms with E-state index in [0.29, 0.717) is 16.9 Å². The summed E-state index contributed by atoms with van der Waals surface area (Å²) in [6.07, 6.45) is 0.